The molecule has 1 aromatic carbocycles. The maximum Gasteiger partial charge on any atom is 0.393 e. The monoisotopic (exact) mass is 342 g/mol. The fourth-order valence-electron chi connectivity index (χ4n) is 3.40. The molecule has 0 bridgehead atoms. The van der Waals surface area contributed by atoms with Gasteiger partial charge in [-0.25, -0.2) is 0 Å². The highest BCUT2D eigenvalue weighted by atomic mass is 19.4. The maximum atomic E-state index is 12.9. The number of piperidine rings is 1. The number of carbonyl (C=O) groups excluding carboxylic acids is 1. The van der Waals surface area contributed by atoms with E-state index in [9.17, 15) is 18.0 Å². The fraction of sp³-hybridized carbons (Fsp3) is 0.611. The quantitative estimate of drug-likeness (QED) is 0.892. The Morgan fingerprint density at radius 3 is 2.38 bits per heavy atom. The summed E-state index contributed by atoms with van der Waals surface area (Å²) in [6, 6.07) is 3.37. The molecule has 0 saturated carbocycles. The van der Waals surface area contributed by atoms with Crippen LogP contribution in [0.2, 0.25) is 0 Å². The van der Waals surface area contributed by atoms with Gasteiger partial charge < -0.3 is 5.32 Å². The van der Waals surface area contributed by atoms with Crippen molar-refractivity contribution in [2.45, 2.75) is 52.8 Å². The van der Waals surface area contributed by atoms with Crippen LogP contribution in [0.25, 0.3) is 0 Å². The van der Waals surface area contributed by atoms with E-state index in [-0.39, 0.29) is 18.9 Å². The first-order chi connectivity index (χ1) is 11.1. The standard InChI is InChI=1S/C18H25F3N2O/c1-11-8-12(2)16(13(3)9-11)22-17(24)14(4)23-7-5-6-15(10-23)18(19,20)21/h8-9,14-15H,5-7,10H2,1-4H3,(H,22,24)/t14-,15+/m0/s1. The van der Waals surface area contributed by atoms with Crippen LogP contribution in [0.15, 0.2) is 12.1 Å². The lowest BCUT2D eigenvalue weighted by molar-refractivity contribution is -0.188. The molecule has 1 aliphatic rings. The molecular weight excluding hydrogens is 317 g/mol. The number of halogens is 3. The number of nitrogens with one attached hydrogen (secondary N) is 1. The third-order valence-corrected chi connectivity index (χ3v) is 4.77. The van der Waals surface area contributed by atoms with Crippen molar-refractivity contribution >= 4 is 11.6 Å². The highest BCUT2D eigenvalue weighted by Gasteiger charge is 2.43. The molecule has 2 atom stereocenters. The number of alkyl halides is 3. The molecule has 1 N–H and O–H groups in total. The first-order valence-electron chi connectivity index (χ1n) is 8.29. The summed E-state index contributed by atoms with van der Waals surface area (Å²) < 4.78 is 38.8. The van der Waals surface area contributed by atoms with E-state index in [4.69, 9.17) is 0 Å². The van der Waals surface area contributed by atoms with Gasteiger partial charge >= 0.3 is 6.18 Å². The number of amides is 1. The van der Waals surface area contributed by atoms with E-state index >= 15 is 0 Å². The molecule has 134 valence electrons. The van der Waals surface area contributed by atoms with E-state index in [0.29, 0.717) is 13.0 Å². The summed E-state index contributed by atoms with van der Waals surface area (Å²) in [4.78, 5) is 14.2. The minimum absolute atomic E-state index is 0.107. The Kier molecular flexibility index (Phi) is 5.58. The number of rotatable bonds is 3. The second kappa shape index (κ2) is 7.13. The zero-order chi connectivity index (χ0) is 18.1. The second-order valence-corrected chi connectivity index (χ2v) is 6.81. The maximum absolute atomic E-state index is 12.9. The molecule has 1 aromatic rings. The SMILES string of the molecule is Cc1cc(C)c(NC(=O)[C@H](C)N2CCC[C@@H](C(F)(F)F)C2)c(C)c1. The molecule has 1 saturated heterocycles. The van der Waals surface area contributed by atoms with Gasteiger partial charge in [0.15, 0.2) is 0 Å². The summed E-state index contributed by atoms with van der Waals surface area (Å²) in [5.41, 5.74) is 3.78. The van der Waals surface area contributed by atoms with Gasteiger partial charge in [0.2, 0.25) is 5.91 Å². The van der Waals surface area contributed by atoms with Crippen molar-refractivity contribution < 1.29 is 18.0 Å². The first-order valence-corrected chi connectivity index (χ1v) is 8.29. The topological polar surface area (TPSA) is 32.3 Å². The van der Waals surface area contributed by atoms with Gasteiger partial charge in [-0.2, -0.15) is 13.2 Å². The van der Waals surface area contributed by atoms with Gasteiger partial charge in [-0.15, -0.1) is 0 Å². The molecule has 6 heteroatoms. The Labute approximate surface area is 141 Å². The lowest BCUT2D eigenvalue weighted by atomic mass is 9.96. The first kappa shape index (κ1) is 18.8. The van der Waals surface area contributed by atoms with Crippen LogP contribution >= 0.6 is 0 Å². The summed E-state index contributed by atoms with van der Waals surface area (Å²) in [7, 11) is 0. The molecule has 0 aliphatic carbocycles. The number of nitrogens with zero attached hydrogens (tertiary/aromatic N) is 1. The highest BCUT2D eigenvalue weighted by Crippen LogP contribution is 2.34. The van der Waals surface area contributed by atoms with E-state index in [1.807, 2.05) is 32.9 Å². The van der Waals surface area contributed by atoms with Crippen LogP contribution in [-0.2, 0) is 4.79 Å². The third-order valence-electron chi connectivity index (χ3n) is 4.77. The largest absolute Gasteiger partial charge is 0.393 e. The normalized spacial score (nSPS) is 20.7. The summed E-state index contributed by atoms with van der Waals surface area (Å²) in [5.74, 6) is -1.60. The molecule has 1 fully saturated rings. The van der Waals surface area contributed by atoms with Crippen LogP contribution < -0.4 is 5.32 Å². The molecule has 1 amide bonds. The molecule has 1 heterocycles. The van der Waals surface area contributed by atoms with Crippen molar-refractivity contribution in [1.82, 2.24) is 4.90 Å². The van der Waals surface area contributed by atoms with Gasteiger partial charge in [0.1, 0.15) is 0 Å². The zero-order valence-corrected chi connectivity index (χ0v) is 14.6. The molecule has 1 aliphatic heterocycles. The van der Waals surface area contributed by atoms with Crippen LogP contribution in [0.1, 0.15) is 36.5 Å². The molecule has 2 rings (SSSR count). The van der Waals surface area contributed by atoms with Crippen LogP contribution in [0.5, 0.6) is 0 Å². The van der Waals surface area contributed by atoms with Gasteiger partial charge in [-0.1, -0.05) is 17.7 Å². The highest BCUT2D eigenvalue weighted by molar-refractivity contribution is 5.96. The summed E-state index contributed by atoms with van der Waals surface area (Å²) in [5, 5.41) is 2.89. The van der Waals surface area contributed by atoms with Crippen LogP contribution in [0.3, 0.4) is 0 Å². The summed E-state index contributed by atoms with van der Waals surface area (Å²) in [6.07, 6.45) is -3.59. The Balaban J connectivity index is 2.07. The average Bonchev–Trinajstić information content (AvgIpc) is 2.49. The molecular formula is C18H25F3N2O. The van der Waals surface area contributed by atoms with Crippen molar-refractivity contribution in [3.63, 3.8) is 0 Å². The molecule has 0 spiro atoms. The average molecular weight is 342 g/mol. The lowest BCUT2D eigenvalue weighted by Gasteiger charge is -2.36. The number of benzene rings is 1. The number of carbonyl (C=O) groups is 1. The minimum atomic E-state index is -4.20. The number of anilines is 1. The Morgan fingerprint density at radius 1 is 1.25 bits per heavy atom. The van der Waals surface area contributed by atoms with E-state index in [2.05, 4.69) is 5.32 Å². The van der Waals surface area contributed by atoms with Crippen molar-refractivity contribution in [2.75, 3.05) is 18.4 Å². The third kappa shape index (κ3) is 4.29. The minimum Gasteiger partial charge on any atom is -0.324 e. The van der Waals surface area contributed by atoms with E-state index in [1.54, 1.807) is 11.8 Å². The van der Waals surface area contributed by atoms with E-state index < -0.39 is 18.1 Å². The molecule has 0 radical (unpaired) electrons. The van der Waals surface area contributed by atoms with Crippen molar-refractivity contribution in [2.24, 2.45) is 5.92 Å². The number of aryl methyl sites for hydroxylation is 3. The second-order valence-electron chi connectivity index (χ2n) is 6.81. The molecule has 3 nitrogen and oxygen atoms in total. The predicted octanol–water partition coefficient (Wildman–Crippen LogP) is 4.21. The summed E-state index contributed by atoms with van der Waals surface area (Å²) >= 11 is 0. The van der Waals surface area contributed by atoms with Gasteiger partial charge in [-0.05, 0) is 58.2 Å². The predicted molar refractivity (Wildman–Crippen MR) is 89.1 cm³/mol. The fourth-order valence-corrected chi connectivity index (χ4v) is 3.40. The van der Waals surface area contributed by atoms with Crippen molar-refractivity contribution in [1.29, 1.82) is 0 Å². The molecule has 24 heavy (non-hydrogen) atoms. The van der Waals surface area contributed by atoms with Gasteiger partial charge in [0.05, 0.1) is 12.0 Å². The Bertz CT molecular complexity index is 590. The Morgan fingerprint density at radius 2 is 1.83 bits per heavy atom. The lowest BCUT2D eigenvalue weighted by Crippen LogP contribution is -2.49. The van der Waals surface area contributed by atoms with E-state index in [1.165, 1.54) is 0 Å². The van der Waals surface area contributed by atoms with Gasteiger partial charge in [0, 0.05) is 12.2 Å². The van der Waals surface area contributed by atoms with Gasteiger partial charge in [0.25, 0.3) is 0 Å². The Hall–Kier alpha value is -1.56. The van der Waals surface area contributed by atoms with Crippen molar-refractivity contribution in [3.05, 3.63) is 28.8 Å². The van der Waals surface area contributed by atoms with Gasteiger partial charge in [-0.3, -0.25) is 9.69 Å². The number of hydrogen-bond donors (Lipinski definition) is 1. The molecule has 0 aromatic heterocycles. The smallest absolute Gasteiger partial charge is 0.324 e. The number of hydrogen-bond acceptors (Lipinski definition) is 2. The molecule has 0 unspecified atom stereocenters. The van der Waals surface area contributed by atoms with Crippen LogP contribution in [0, 0.1) is 26.7 Å². The number of likely N-dealkylation sites (tertiary alicyclic amines) is 1. The zero-order valence-electron chi connectivity index (χ0n) is 14.6. The van der Waals surface area contributed by atoms with E-state index in [0.717, 1.165) is 22.4 Å². The summed E-state index contributed by atoms with van der Waals surface area (Å²) in [6.45, 7) is 7.91. The van der Waals surface area contributed by atoms with Crippen molar-refractivity contribution in [3.8, 4) is 0 Å². The van der Waals surface area contributed by atoms with Crippen LogP contribution in [0.4, 0.5) is 18.9 Å². The van der Waals surface area contributed by atoms with Crippen LogP contribution in [-0.4, -0.2) is 36.1 Å².